The third-order valence-corrected chi connectivity index (χ3v) is 9.67. The SMILES string of the molecule is Cc1ccc(C(=O)N2CCC(COc3ccc(S(=O)(=O)C4(C(=O)NO)CCOCC4)cc3)CC2)cc1. The van der Waals surface area contributed by atoms with Crippen LogP contribution in [-0.2, 0) is 19.4 Å². The summed E-state index contributed by atoms with van der Waals surface area (Å²) >= 11 is 0. The van der Waals surface area contributed by atoms with E-state index in [4.69, 9.17) is 14.7 Å². The van der Waals surface area contributed by atoms with E-state index in [2.05, 4.69) is 0 Å². The summed E-state index contributed by atoms with van der Waals surface area (Å²) in [5.74, 6) is -0.0874. The van der Waals surface area contributed by atoms with E-state index in [9.17, 15) is 18.0 Å². The summed E-state index contributed by atoms with van der Waals surface area (Å²) in [7, 11) is -4.07. The Hall–Kier alpha value is -2.95. The van der Waals surface area contributed by atoms with Crippen molar-refractivity contribution in [3.8, 4) is 5.75 Å². The van der Waals surface area contributed by atoms with Gasteiger partial charge >= 0.3 is 0 Å². The van der Waals surface area contributed by atoms with Crippen molar-refractivity contribution in [3.05, 3.63) is 59.7 Å². The van der Waals surface area contributed by atoms with Gasteiger partial charge in [-0.05, 0) is 74.9 Å². The number of hydroxylamine groups is 1. The van der Waals surface area contributed by atoms with Gasteiger partial charge in [0.05, 0.1) is 11.5 Å². The number of carbonyl (C=O) groups is 2. The Balaban J connectivity index is 1.33. The monoisotopic (exact) mass is 516 g/mol. The van der Waals surface area contributed by atoms with E-state index >= 15 is 0 Å². The summed E-state index contributed by atoms with van der Waals surface area (Å²) in [6.45, 7) is 4.01. The van der Waals surface area contributed by atoms with Gasteiger partial charge < -0.3 is 14.4 Å². The van der Waals surface area contributed by atoms with Gasteiger partial charge in [0, 0.05) is 31.9 Å². The quantitative estimate of drug-likeness (QED) is 0.429. The van der Waals surface area contributed by atoms with Crippen molar-refractivity contribution in [2.45, 2.75) is 42.2 Å². The summed E-state index contributed by atoms with van der Waals surface area (Å²) in [6, 6.07) is 13.6. The van der Waals surface area contributed by atoms with Crippen LogP contribution in [0.25, 0.3) is 0 Å². The highest BCUT2D eigenvalue weighted by Crippen LogP contribution is 2.36. The highest BCUT2D eigenvalue weighted by molar-refractivity contribution is 7.93. The molecule has 0 aliphatic carbocycles. The summed E-state index contributed by atoms with van der Waals surface area (Å²) in [5, 5.41) is 9.17. The zero-order valence-electron chi connectivity index (χ0n) is 20.3. The lowest BCUT2D eigenvalue weighted by Gasteiger charge is -2.34. The van der Waals surface area contributed by atoms with Crippen LogP contribution in [0.3, 0.4) is 0 Å². The van der Waals surface area contributed by atoms with E-state index < -0.39 is 20.5 Å². The second-order valence-electron chi connectivity index (χ2n) is 9.44. The van der Waals surface area contributed by atoms with Crippen LogP contribution in [0.5, 0.6) is 5.75 Å². The van der Waals surface area contributed by atoms with Crippen LogP contribution in [0.15, 0.2) is 53.4 Å². The number of benzene rings is 2. The van der Waals surface area contributed by atoms with E-state index in [1.165, 1.54) is 17.6 Å². The van der Waals surface area contributed by atoms with Gasteiger partial charge in [-0.15, -0.1) is 0 Å². The molecule has 36 heavy (non-hydrogen) atoms. The second kappa shape index (κ2) is 11.0. The number of nitrogens with one attached hydrogen (secondary N) is 1. The number of carbonyl (C=O) groups excluding carboxylic acids is 2. The first-order chi connectivity index (χ1) is 17.3. The molecule has 2 aromatic rings. The molecular formula is C26H32N2O7S. The lowest BCUT2D eigenvalue weighted by molar-refractivity contribution is -0.134. The minimum atomic E-state index is -4.07. The maximum atomic E-state index is 13.3. The average molecular weight is 517 g/mol. The number of rotatable bonds is 7. The normalized spacial score (nSPS) is 18.4. The number of sulfone groups is 1. The van der Waals surface area contributed by atoms with E-state index in [0.29, 0.717) is 31.0 Å². The zero-order chi connectivity index (χ0) is 25.8. The molecule has 10 heteroatoms. The number of hydrogen-bond acceptors (Lipinski definition) is 7. The molecule has 0 bridgehead atoms. The average Bonchev–Trinajstić information content (AvgIpc) is 2.92. The van der Waals surface area contributed by atoms with Crippen LogP contribution >= 0.6 is 0 Å². The predicted molar refractivity (Wildman–Crippen MR) is 132 cm³/mol. The fraction of sp³-hybridized carbons (Fsp3) is 0.462. The zero-order valence-corrected chi connectivity index (χ0v) is 21.1. The van der Waals surface area contributed by atoms with Gasteiger partial charge in [0.25, 0.3) is 11.8 Å². The van der Waals surface area contributed by atoms with E-state index in [1.54, 1.807) is 12.1 Å². The molecule has 0 saturated carbocycles. The van der Waals surface area contributed by atoms with Crippen LogP contribution in [-0.4, -0.2) is 68.0 Å². The highest BCUT2D eigenvalue weighted by atomic mass is 32.2. The molecule has 2 saturated heterocycles. The van der Waals surface area contributed by atoms with Crippen molar-refractivity contribution in [2.75, 3.05) is 32.9 Å². The third kappa shape index (κ3) is 5.25. The molecule has 0 aromatic heterocycles. The van der Waals surface area contributed by atoms with Crippen LogP contribution in [0, 0.1) is 12.8 Å². The van der Waals surface area contributed by atoms with Crippen molar-refractivity contribution >= 4 is 21.7 Å². The number of nitrogens with zero attached hydrogens (tertiary/aromatic N) is 1. The van der Waals surface area contributed by atoms with Crippen molar-refractivity contribution in [3.63, 3.8) is 0 Å². The summed E-state index contributed by atoms with van der Waals surface area (Å²) < 4.78 is 36.0. The lowest BCUT2D eigenvalue weighted by atomic mass is 9.97. The molecule has 0 radical (unpaired) electrons. The highest BCUT2D eigenvalue weighted by Gasteiger charge is 2.52. The van der Waals surface area contributed by atoms with Crippen molar-refractivity contribution in [2.24, 2.45) is 5.92 Å². The first-order valence-corrected chi connectivity index (χ1v) is 13.6. The second-order valence-corrected chi connectivity index (χ2v) is 11.7. The third-order valence-electron chi connectivity index (χ3n) is 7.15. The van der Waals surface area contributed by atoms with Gasteiger partial charge in [0.15, 0.2) is 14.6 Å². The standard InChI is InChI=1S/C26H32N2O7S/c1-19-2-4-21(5-3-19)24(29)28-14-10-20(11-15-28)18-35-22-6-8-23(9-7-22)36(32,33)26(25(30)27-31)12-16-34-17-13-26/h2-9,20,31H,10-18H2,1H3,(H,27,30). The Morgan fingerprint density at radius 3 is 2.25 bits per heavy atom. The van der Waals surface area contributed by atoms with Crippen LogP contribution in [0.4, 0.5) is 0 Å². The summed E-state index contributed by atoms with van der Waals surface area (Å²) in [4.78, 5) is 26.9. The fourth-order valence-electron chi connectivity index (χ4n) is 4.76. The molecule has 0 unspecified atom stereocenters. The van der Waals surface area contributed by atoms with Crippen LogP contribution in [0.1, 0.15) is 41.6 Å². The molecule has 0 spiro atoms. The minimum absolute atomic E-state index is 0.0109. The summed E-state index contributed by atoms with van der Waals surface area (Å²) in [5.41, 5.74) is 3.33. The predicted octanol–water partition coefficient (Wildman–Crippen LogP) is 2.75. The maximum absolute atomic E-state index is 13.3. The molecule has 0 atom stereocenters. The van der Waals surface area contributed by atoms with Crippen LogP contribution < -0.4 is 10.2 Å². The Morgan fingerprint density at radius 1 is 1.06 bits per heavy atom. The Morgan fingerprint density at radius 2 is 1.67 bits per heavy atom. The molecule has 2 heterocycles. The molecule has 2 aliphatic rings. The minimum Gasteiger partial charge on any atom is -0.493 e. The van der Waals surface area contributed by atoms with Crippen molar-refractivity contribution in [1.82, 2.24) is 10.4 Å². The smallest absolute Gasteiger partial charge is 0.265 e. The van der Waals surface area contributed by atoms with Gasteiger partial charge in [-0.2, -0.15) is 0 Å². The molecule has 2 aromatic carbocycles. The molecule has 2 N–H and O–H groups in total. The van der Waals surface area contributed by atoms with Crippen LogP contribution in [0.2, 0.25) is 0 Å². The first kappa shape index (κ1) is 26.1. The molecular weight excluding hydrogens is 484 g/mol. The number of amides is 2. The molecule has 2 aliphatic heterocycles. The number of hydrogen-bond donors (Lipinski definition) is 2. The van der Waals surface area contributed by atoms with Crippen molar-refractivity contribution < 1.29 is 32.7 Å². The van der Waals surface area contributed by atoms with Gasteiger partial charge in [0.1, 0.15) is 5.75 Å². The van der Waals surface area contributed by atoms with Gasteiger partial charge in [-0.3, -0.25) is 14.8 Å². The number of likely N-dealkylation sites (tertiary alicyclic amines) is 1. The first-order valence-electron chi connectivity index (χ1n) is 12.1. The van der Waals surface area contributed by atoms with Gasteiger partial charge in [-0.25, -0.2) is 13.9 Å². The topological polar surface area (TPSA) is 122 Å². The lowest BCUT2D eigenvalue weighted by Crippen LogP contribution is -2.54. The largest absolute Gasteiger partial charge is 0.493 e. The maximum Gasteiger partial charge on any atom is 0.265 e. The Kier molecular flexibility index (Phi) is 7.97. The van der Waals surface area contributed by atoms with Crippen molar-refractivity contribution in [1.29, 1.82) is 0 Å². The van der Waals surface area contributed by atoms with Gasteiger partial charge in [-0.1, -0.05) is 17.7 Å². The van der Waals surface area contributed by atoms with Gasteiger partial charge in [0.2, 0.25) is 0 Å². The number of aryl methyl sites for hydroxylation is 1. The molecule has 2 fully saturated rings. The fourth-order valence-corrected chi connectivity index (χ4v) is 6.70. The molecule has 194 valence electrons. The van der Waals surface area contributed by atoms with E-state index in [0.717, 1.165) is 18.4 Å². The molecule has 2 amide bonds. The Labute approximate surface area is 211 Å². The molecule has 9 nitrogen and oxygen atoms in total. The number of piperidine rings is 1. The van der Waals surface area contributed by atoms with E-state index in [-0.39, 0.29) is 42.8 Å². The van der Waals surface area contributed by atoms with E-state index in [1.807, 2.05) is 36.1 Å². The summed E-state index contributed by atoms with van der Waals surface area (Å²) in [6.07, 6.45) is 1.58. The number of ether oxygens (including phenoxy) is 2. The molecule has 4 rings (SSSR count). The Bertz CT molecular complexity index is 1170.